The van der Waals surface area contributed by atoms with Gasteiger partial charge in [0.25, 0.3) is 0 Å². The average Bonchev–Trinajstić information content (AvgIpc) is 2.77. The van der Waals surface area contributed by atoms with Crippen LogP contribution in [0.1, 0.15) is 37.8 Å². The molecular formula is C15H16F3. The lowest BCUT2D eigenvalue weighted by Gasteiger charge is -2.19. The van der Waals surface area contributed by atoms with Crippen molar-refractivity contribution in [2.75, 3.05) is 0 Å². The van der Waals surface area contributed by atoms with Crippen LogP contribution in [-0.2, 0) is 6.18 Å². The normalized spacial score (nSPS) is 20.3. The van der Waals surface area contributed by atoms with Crippen LogP contribution in [0.15, 0.2) is 30.3 Å². The van der Waals surface area contributed by atoms with E-state index in [4.69, 9.17) is 0 Å². The van der Waals surface area contributed by atoms with Gasteiger partial charge in [-0.1, -0.05) is 32.1 Å². The minimum atomic E-state index is -4.26. The van der Waals surface area contributed by atoms with Gasteiger partial charge in [-0.15, -0.1) is 0 Å². The SMILES string of the molecule is C[C](C)[C@@H]1CCC=C1c1ccc(C(F)(F)F)cc1. The van der Waals surface area contributed by atoms with E-state index in [9.17, 15) is 13.2 Å². The number of allylic oxidation sites excluding steroid dienone is 2. The number of hydrogen-bond acceptors (Lipinski definition) is 0. The van der Waals surface area contributed by atoms with Crippen LogP contribution in [0.25, 0.3) is 5.57 Å². The highest BCUT2D eigenvalue weighted by Crippen LogP contribution is 2.40. The van der Waals surface area contributed by atoms with Crippen molar-refractivity contribution in [3.8, 4) is 0 Å². The maximum Gasteiger partial charge on any atom is 0.416 e. The molecule has 97 valence electrons. The van der Waals surface area contributed by atoms with Gasteiger partial charge in [0.15, 0.2) is 0 Å². The Morgan fingerprint density at radius 3 is 2.22 bits per heavy atom. The molecule has 0 saturated carbocycles. The molecule has 0 saturated heterocycles. The summed E-state index contributed by atoms with van der Waals surface area (Å²) in [6, 6.07) is 5.49. The summed E-state index contributed by atoms with van der Waals surface area (Å²) in [4.78, 5) is 0. The molecule has 1 aliphatic rings. The molecule has 0 heterocycles. The molecule has 0 aliphatic heterocycles. The van der Waals surface area contributed by atoms with E-state index in [-0.39, 0.29) is 0 Å². The van der Waals surface area contributed by atoms with Gasteiger partial charge < -0.3 is 0 Å². The van der Waals surface area contributed by atoms with Crippen LogP contribution in [0.4, 0.5) is 13.2 Å². The Kier molecular flexibility index (Phi) is 3.51. The monoisotopic (exact) mass is 253 g/mol. The Labute approximate surface area is 106 Å². The van der Waals surface area contributed by atoms with Gasteiger partial charge in [0.1, 0.15) is 0 Å². The van der Waals surface area contributed by atoms with Gasteiger partial charge in [-0.05, 0) is 47.9 Å². The van der Waals surface area contributed by atoms with Gasteiger partial charge in [-0.3, -0.25) is 0 Å². The molecule has 18 heavy (non-hydrogen) atoms. The first-order valence-corrected chi connectivity index (χ1v) is 6.07. The molecule has 1 atom stereocenters. The summed E-state index contributed by atoms with van der Waals surface area (Å²) in [5.74, 6) is 1.71. The van der Waals surface area contributed by atoms with Crippen LogP contribution in [0.5, 0.6) is 0 Å². The molecule has 0 aromatic heterocycles. The summed E-state index contributed by atoms with van der Waals surface area (Å²) in [6.07, 6.45) is -0.0417. The molecule has 0 fully saturated rings. The zero-order chi connectivity index (χ0) is 13.3. The van der Waals surface area contributed by atoms with Gasteiger partial charge >= 0.3 is 6.18 Å². The van der Waals surface area contributed by atoms with E-state index >= 15 is 0 Å². The largest absolute Gasteiger partial charge is 0.416 e. The van der Waals surface area contributed by atoms with Crippen LogP contribution in [0.3, 0.4) is 0 Å². The van der Waals surface area contributed by atoms with E-state index in [2.05, 4.69) is 19.9 Å². The molecule has 0 amide bonds. The van der Waals surface area contributed by atoms with Crippen LogP contribution in [0, 0.1) is 11.8 Å². The Balaban J connectivity index is 2.25. The first kappa shape index (κ1) is 13.2. The summed E-state index contributed by atoms with van der Waals surface area (Å²) >= 11 is 0. The van der Waals surface area contributed by atoms with Gasteiger partial charge in [0.2, 0.25) is 0 Å². The van der Waals surface area contributed by atoms with Crippen molar-refractivity contribution in [1.82, 2.24) is 0 Å². The molecule has 0 nitrogen and oxygen atoms in total. The number of alkyl halides is 3. The molecule has 1 radical (unpaired) electrons. The van der Waals surface area contributed by atoms with Gasteiger partial charge in [0, 0.05) is 0 Å². The lowest BCUT2D eigenvalue weighted by Crippen LogP contribution is -2.07. The summed E-state index contributed by atoms with van der Waals surface area (Å²) in [5, 5.41) is 0. The maximum atomic E-state index is 12.5. The minimum absolute atomic E-state index is 0.390. The summed E-state index contributed by atoms with van der Waals surface area (Å²) < 4.78 is 37.4. The van der Waals surface area contributed by atoms with Crippen molar-refractivity contribution >= 4 is 5.57 Å². The smallest absolute Gasteiger partial charge is 0.166 e. The van der Waals surface area contributed by atoms with Crippen molar-refractivity contribution in [3.05, 3.63) is 47.4 Å². The molecule has 0 unspecified atom stereocenters. The molecule has 1 aromatic carbocycles. The fraction of sp³-hybridized carbons (Fsp3) is 0.400. The fourth-order valence-corrected chi connectivity index (χ4v) is 2.47. The van der Waals surface area contributed by atoms with E-state index in [1.165, 1.54) is 11.5 Å². The second-order valence-corrected chi connectivity index (χ2v) is 4.94. The maximum absolute atomic E-state index is 12.5. The standard InChI is InChI=1S/C15H16F3/c1-10(2)13-4-3-5-14(13)11-6-8-12(9-7-11)15(16,17)18/h5-9,13H,3-4H2,1-2H3/t13-/m0/s1. The van der Waals surface area contributed by atoms with E-state index in [0.29, 0.717) is 5.92 Å². The quantitative estimate of drug-likeness (QED) is 0.686. The number of rotatable bonds is 2. The van der Waals surface area contributed by atoms with Crippen LogP contribution >= 0.6 is 0 Å². The van der Waals surface area contributed by atoms with Gasteiger partial charge in [-0.2, -0.15) is 13.2 Å². The molecule has 1 aliphatic carbocycles. The average molecular weight is 253 g/mol. The third-order valence-corrected chi connectivity index (χ3v) is 3.44. The Hall–Kier alpha value is -1.25. The molecule has 1 aromatic rings. The van der Waals surface area contributed by atoms with E-state index in [0.717, 1.165) is 30.5 Å². The molecule has 0 bridgehead atoms. The summed E-state index contributed by atoms with van der Waals surface area (Å²) in [5.41, 5.74) is 1.49. The number of hydrogen-bond donors (Lipinski definition) is 0. The van der Waals surface area contributed by atoms with Crippen LogP contribution in [0.2, 0.25) is 0 Å². The summed E-state index contributed by atoms with van der Waals surface area (Å²) in [7, 11) is 0. The Morgan fingerprint density at radius 1 is 1.11 bits per heavy atom. The van der Waals surface area contributed by atoms with Crippen molar-refractivity contribution in [2.45, 2.75) is 32.9 Å². The number of benzene rings is 1. The predicted molar refractivity (Wildman–Crippen MR) is 66.7 cm³/mol. The zero-order valence-electron chi connectivity index (χ0n) is 10.5. The Bertz CT molecular complexity index is 438. The molecule has 0 spiro atoms. The lowest BCUT2D eigenvalue weighted by molar-refractivity contribution is -0.137. The van der Waals surface area contributed by atoms with Crippen molar-refractivity contribution in [3.63, 3.8) is 0 Å². The highest BCUT2D eigenvalue weighted by molar-refractivity contribution is 5.71. The van der Waals surface area contributed by atoms with Gasteiger partial charge in [-0.25, -0.2) is 0 Å². The van der Waals surface area contributed by atoms with Crippen molar-refractivity contribution in [1.29, 1.82) is 0 Å². The van der Waals surface area contributed by atoms with E-state index in [1.807, 2.05) is 0 Å². The van der Waals surface area contributed by atoms with E-state index < -0.39 is 11.7 Å². The third kappa shape index (κ3) is 2.60. The molecule has 3 heteroatoms. The zero-order valence-corrected chi connectivity index (χ0v) is 10.5. The first-order valence-electron chi connectivity index (χ1n) is 6.07. The van der Waals surface area contributed by atoms with Gasteiger partial charge in [0.05, 0.1) is 5.56 Å². The molecule has 0 N–H and O–H groups in total. The Morgan fingerprint density at radius 2 is 1.72 bits per heavy atom. The molecule has 2 rings (SSSR count). The highest BCUT2D eigenvalue weighted by Gasteiger charge is 2.30. The third-order valence-electron chi connectivity index (χ3n) is 3.44. The predicted octanol–water partition coefficient (Wildman–Crippen LogP) is 5.11. The van der Waals surface area contributed by atoms with Crippen molar-refractivity contribution in [2.24, 2.45) is 5.92 Å². The van der Waals surface area contributed by atoms with E-state index in [1.54, 1.807) is 12.1 Å². The topological polar surface area (TPSA) is 0 Å². The van der Waals surface area contributed by atoms with Crippen LogP contribution < -0.4 is 0 Å². The fourth-order valence-electron chi connectivity index (χ4n) is 2.47. The second kappa shape index (κ2) is 4.79. The van der Waals surface area contributed by atoms with Crippen LogP contribution in [-0.4, -0.2) is 0 Å². The lowest BCUT2D eigenvalue weighted by atomic mass is 9.86. The second-order valence-electron chi connectivity index (χ2n) is 4.94. The molecular weight excluding hydrogens is 237 g/mol. The summed E-state index contributed by atoms with van der Waals surface area (Å²) in [6.45, 7) is 4.15. The number of halogens is 3. The highest BCUT2D eigenvalue weighted by atomic mass is 19.4. The minimum Gasteiger partial charge on any atom is -0.166 e. The first-order chi connectivity index (χ1) is 8.39. The van der Waals surface area contributed by atoms with Crippen molar-refractivity contribution < 1.29 is 13.2 Å².